The molecule has 2 aromatic carbocycles. The Bertz CT molecular complexity index is 958. The molecule has 1 amide bonds. The van der Waals surface area contributed by atoms with Crippen molar-refractivity contribution in [3.05, 3.63) is 77.7 Å². The van der Waals surface area contributed by atoms with E-state index in [1.54, 1.807) is 35.2 Å². The number of fused-ring (bicyclic) bond motifs is 1. The highest BCUT2D eigenvalue weighted by molar-refractivity contribution is 6.06. The number of nitrogens with one attached hydrogen (secondary N) is 1. The summed E-state index contributed by atoms with van der Waals surface area (Å²) < 4.78 is 13.7. The summed E-state index contributed by atoms with van der Waals surface area (Å²) in [6.45, 7) is 2.01. The number of hydrogen-bond donors (Lipinski definition) is 1. The van der Waals surface area contributed by atoms with E-state index in [0.717, 1.165) is 17.7 Å². The van der Waals surface area contributed by atoms with Crippen LogP contribution in [0, 0.1) is 5.82 Å². The topological polar surface area (TPSA) is 58.1 Å². The number of nitrogens with zero attached hydrogens (tertiary/aromatic N) is 3. The molecule has 1 aromatic heterocycles. The molecule has 0 saturated heterocycles. The molecule has 3 aromatic rings. The van der Waals surface area contributed by atoms with Crippen LogP contribution >= 0.6 is 0 Å². The van der Waals surface area contributed by atoms with Crippen LogP contribution in [0.5, 0.6) is 0 Å². The lowest BCUT2D eigenvalue weighted by Crippen LogP contribution is -2.36. The smallest absolute Gasteiger partial charge is 0.279 e. The van der Waals surface area contributed by atoms with Crippen LogP contribution in [0.4, 0.5) is 21.6 Å². The Balaban J connectivity index is 1.56. The highest BCUT2D eigenvalue weighted by Gasteiger charge is 2.31. The molecule has 1 aliphatic heterocycles. The first-order valence-corrected chi connectivity index (χ1v) is 8.40. The lowest BCUT2D eigenvalue weighted by Gasteiger charge is -2.22. The molecular weight excluding hydrogens is 331 g/mol. The van der Waals surface area contributed by atoms with Gasteiger partial charge in [-0.1, -0.05) is 30.3 Å². The summed E-state index contributed by atoms with van der Waals surface area (Å²) >= 11 is 0. The number of amides is 1. The van der Waals surface area contributed by atoms with Gasteiger partial charge in [-0.15, -0.1) is 10.2 Å². The number of aromatic nitrogens is 2. The molecule has 1 unspecified atom stereocenters. The van der Waals surface area contributed by atoms with Crippen LogP contribution < -0.4 is 10.2 Å². The highest BCUT2D eigenvalue weighted by Crippen LogP contribution is 2.32. The molecule has 0 radical (unpaired) electrons. The molecule has 0 fully saturated rings. The van der Waals surface area contributed by atoms with Gasteiger partial charge in [-0.3, -0.25) is 4.79 Å². The van der Waals surface area contributed by atoms with E-state index in [2.05, 4.69) is 15.5 Å². The Kier molecular flexibility index (Phi) is 4.08. The van der Waals surface area contributed by atoms with Crippen LogP contribution in [0.1, 0.15) is 23.0 Å². The van der Waals surface area contributed by atoms with Gasteiger partial charge in [-0.2, -0.15) is 0 Å². The van der Waals surface area contributed by atoms with Gasteiger partial charge in [-0.05, 0) is 49.2 Å². The minimum absolute atomic E-state index is 0.0675. The summed E-state index contributed by atoms with van der Waals surface area (Å²) in [5, 5.41) is 10.9. The first-order valence-electron chi connectivity index (χ1n) is 8.40. The molecule has 0 aliphatic carbocycles. The third-order valence-electron chi connectivity index (χ3n) is 4.45. The molecule has 4 rings (SSSR count). The second-order valence-corrected chi connectivity index (χ2v) is 6.27. The minimum Gasteiger partial charge on any atom is -0.336 e. The van der Waals surface area contributed by atoms with Crippen LogP contribution in [0.25, 0.3) is 0 Å². The number of benzene rings is 2. The van der Waals surface area contributed by atoms with Crippen molar-refractivity contribution in [1.29, 1.82) is 0 Å². The van der Waals surface area contributed by atoms with Crippen molar-refractivity contribution in [1.82, 2.24) is 10.2 Å². The maximum absolute atomic E-state index is 13.7. The number of rotatable bonds is 3. The monoisotopic (exact) mass is 348 g/mol. The van der Waals surface area contributed by atoms with E-state index in [4.69, 9.17) is 0 Å². The molecule has 0 spiro atoms. The summed E-state index contributed by atoms with van der Waals surface area (Å²) in [5.41, 5.74) is 2.63. The van der Waals surface area contributed by atoms with E-state index < -0.39 is 0 Å². The fourth-order valence-corrected chi connectivity index (χ4v) is 3.21. The number of halogens is 1. The molecular formula is C20H17FN4O. The lowest BCUT2D eigenvalue weighted by atomic mass is 10.1. The third kappa shape index (κ3) is 2.90. The van der Waals surface area contributed by atoms with Crippen LogP contribution in [-0.2, 0) is 6.42 Å². The molecule has 130 valence electrons. The number of carbonyl (C=O) groups excluding carboxylic acids is 1. The van der Waals surface area contributed by atoms with Crippen molar-refractivity contribution in [3.8, 4) is 0 Å². The molecule has 0 bridgehead atoms. The van der Waals surface area contributed by atoms with Gasteiger partial charge in [0.2, 0.25) is 0 Å². The zero-order valence-electron chi connectivity index (χ0n) is 14.2. The van der Waals surface area contributed by atoms with Gasteiger partial charge >= 0.3 is 0 Å². The van der Waals surface area contributed by atoms with Gasteiger partial charge in [0, 0.05) is 11.7 Å². The maximum Gasteiger partial charge on any atom is 0.279 e. The molecule has 0 saturated carbocycles. The Morgan fingerprint density at radius 2 is 1.85 bits per heavy atom. The zero-order valence-corrected chi connectivity index (χ0v) is 14.2. The summed E-state index contributed by atoms with van der Waals surface area (Å²) in [5.74, 6) is -0.189. The predicted octanol–water partition coefficient (Wildman–Crippen LogP) is 3.95. The molecule has 2 heterocycles. The molecule has 6 heteroatoms. The van der Waals surface area contributed by atoms with Crippen molar-refractivity contribution in [2.24, 2.45) is 0 Å². The number of anilines is 3. The van der Waals surface area contributed by atoms with E-state index in [9.17, 15) is 9.18 Å². The van der Waals surface area contributed by atoms with Gasteiger partial charge in [0.1, 0.15) is 5.82 Å². The van der Waals surface area contributed by atoms with Crippen molar-refractivity contribution in [2.75, 3.05) is 10.2 Å². The average molecular weight is 348 g/mol. The summed E-state index contributed by atoms with van der Waals surface area (Å²) in [7, 11) is 0. The largest absolute Gasteiger partial charge is 0.336 e. The van der Waals surface area contributed by atoms with Gasteiger partial charge in [0.15, 0.2) is 11.5 Å². The Morgan fingerprint density at radius 3 is 2.62 bits per heavy atom. The molecule has 1 atom stereocenters. The van der Waals surface area contributed by atoms with E-state index in [-0.39, 0.29) is 23.5 Å². The van der Waals surface area contributed by atoms with E-state index in [0.29, 0.717) is 11.5 Å². The Labute approximate surface area is 150 Å². The van der Waals surface area contributed by atoms with Crippen LogP contribution in [-0.4, -0.2) is 22.1 Å². The SMILES string of the molecule is CC1Cc2ccccc2N1C(=O)c1ccc(Nc2ccccc2F)nn1. The lowest BCUT2D eigenvalue weighted by molar-refractivity contribution is 0.0975. The van der Waals surface area contributed by atoms with Crippen LogP contribution in [0.2, 0.25) is 0 Å². The van der Waals surface area contributed by atoms with Gasteiger partial charge in [0.05, 0.1) is 5.69 Å². The quantitative estimate of drug-likeness (QED) is 0.779. The van der Waals surface area contributed by atoms with E-state index in [1.165, 1.54) is 6.07 Å². The first kappa shape index (κ1) is 16.2. The second kappa shape index (κ2) is 6.55. The third-order valence-corrected chi connectivity index (χ3v) is 4.45. The molecule has 1 N–H and O–H groups in total. The van der Waals surface area contributed by atoms with Crippen LogP contribution in [0.3, 0.4) is 0 Å². The van der Waals surface area contributed by atoms with Crippen molar-refractivity contribution >= 4 is 23.1 Å². The average Bonchev–Trinajstić information content (AvgIpc) is 2.99. The number of carbonyl (C=O) groups is 1. The van der Waals surface area contributed by atoms with Gasteiger partial charge in [-0.25, -0.2) is 4.39 Å². The summed E-state index contributed by atoms with van der Waals surface area (Å²) in [4.78, 5) is 14.6. The van der Waals surface area contributed by atoms with E-state index >= 15 is 0 Å². The summed E-state index contributed by atoms with van der Waals surface area (Å²) in [6, 6.07) is 17.5. The fourth-order valence-electron chi connectivity index (χ4n) is 3.21. The zero-order chi connectivity index (χ0) is 18.1. The number of hydrogen-bond acceptors (Lipinski definition) is 4. The normalized spacial score (nSPS) is 15.6. The first-order chi connectivity index (χ1) is 12.6. The molecule has 5 nitrogen and oxygen atoms in total. The van der Waals surface area contributed by atoms with Gasteiger partial charge in [0.25, 0.3) is 5.91 Å². The highest BCUT2D eigenvalue weighted by atomic mass is 19.1. The Morgan fingerprint density at radius 1 is 1.08 bits per heavy atom. The van der Waals surface area contributed by atoms with Crippen molar-refractivity contribution in [2.45, 2.75) is 19.4 Å². The van der Waals surface area contributed by atoms with Crippen molar-refractivity contribution < 1.29 is 9.18 Å². The number of para-hydroxylation sites is 2. The van der Waals surface area contributed by atoms with Crippen molar-refractivity contribution in [3.63, 3.8) is 0 Å². The Hall–Kier alpha value is -3.28. The van der Waals surface area contributed by atoms with Crippen LogP contribution in [0.15, 0.2) is 60.7 Å². The maximum atomic E-state index is 13.7. The second-order valence-electron chi connectivity index (χ2n) is 6.27. The predicted molar refractivity (Wildman–Crippen MR) is 98.1 cm³/mol. The minimum atomic E-state index is -0.378. The van der Waals surface area contributed by atoms with Gasteiger partial charge < -0.3 is 10.2 Å². The molecule has 1 aliphatic rings. The molecule has 26 heavy (non-hydrogen) atoms. The summed E-state index contributed by atoms with van der Waals surface area (Å²) in [6.07, 6.45) is 0.822. The standard InChI is InChI=1S/C20H17FN4O/c1-13-12-14-6-2-5-9-18(14)25(13)20(26)17-10-11-19(24-23-17)22-16-8-4-3-7-15(16)21/h2-11,13H,12H2,1H3,(H,22,24). The fraction of sp³-hybridized carbons (Fsp3) is 0.150. The van der Waals surface area contributed by atoms with E-state index in [1.807, 2.05) is 31.2 Å².